The predicted molar refractivity (Wildman–Crippen MR) is 141 cm³/mol. The second-order valence-electron chi connectivity index (χ2n) is 15.1. The van der Waals surface area contributed by atoms with Crippen molar-refractivity contribution in [2.45, 2.75) is 103 Å². The van der Waals surface area contributed by atoms with Gasteiger partial charge in [0.05, 0.1) is 23.2 Å². The monoisotopic (exact) mass is 556 g/mol. The van der Waals surface area contributed by atoms with Gasteiger partial charge in [0, 0.05) is 11.8 Å². The van der Waals surface area contributed by atoms with Crippen LogP contribution in [-0.2, 0) is 33.4 Å². The van der Waals surface area contributed by atoms with E-state index in [4.69, 9.17) is 14.2 Å². The molecule has 1 N–H and O–H groups in total. The highest BCUT2D eigenvalue weighted by molar-refractivity contribution is 5.79. The third kappa shape index (κ3) is 4.05. The number of hydrogen-bond donors (Lipinski definition) is 1. The number of esters is 3. The average Bonchev–Trinajstić information content (AvgIpc) is 3.74. The number of carboxylic acids is 1. The van der Waals surface area contributed by atoms with E-state index < -0.39 is 29.3 Å². The maximum absolute atomic E-state index is 13.8. The standard InChI is InChI=1S/C32H44O8/c1-4-14(28(33)39-26-18-10-20-21(11-18)30(35)40-27(20)26)7-19(13-32(2,3)31(36)37)29(34)38-23-12-17-9-22(23)25-16-6-5-15(8-16)24(17)25/h14-27H,4-13H2,1-3H3,(H,36,37). The fraction of sp³-hybridized carbons (Fsp3) is 0.875. The number of aliphatic carboxylic acids is 1. The quantitative estimate of drug-likeness (QED) is 0.235. The van der Waals surface area contributed by atoms with Crippen molar-refractivity contribution < 1.29 is 38.5 Å². The van der Waals surface area contributed by atoms with Crippen LogP contribution < -0.4 is 0 Å². The number of ether oxygens (including phenoxy) is 3. The molecule has 0 aromatic rings. The normalized spacial score (nSPS) is 44.9. The van der Waals surface area contributed by atoms with Crippen LogP contribution in [0.15, 0.2) is 0 Å². The van der Waals surface area contributed by atoms with Gasteiger partial charge in [-0.3, -0.25) is 19.2 Å². The molecular weight excluding hydrogens is 512 g/mol. The molecule has 0 aromatic carbocycles. The Kier molecular flexibility index (Phi) is 6.32. The van der Waals surface area contributed by atoms with Crippen LogP contribution >= 0.6 is 0 Å². The van der Waals surface area contributed by atoms with Gasteiger partial charge in [0.15, 0.2) is 0 Å². The summed E-state index contributed by atoms with van der Waals surface area (Å²) in [4.78, 5) is 51.4. The van der Waals surface area contributed by atoms with Crippen molar-refractivity contribution >= 4 is 23.9 Å². The minimum Gasteiger partial charge on any atom is -0.481 e. The van der Waals surface area contributed by atoms with Gasteiger partial charge >= 0.3 is 23.9 Å². The highest BCUT2D eigenvalue weighted by Crippen LogP contribution is 2.68. The van der Waals surface area contributed by atoms with Crippen molar-refractivity contribution in [2.75, 3.05) is 0 Å². The molecule has 6 bridgehead atoms. The molecule has 0 radical (unpaired) electrons. The Morgan fingerprint density at radius 2 is 1.60 bits per heavy atom. The van der Waals surface area contributed by atoms with Gasteiger partial charge in [-0.15, -0.1) is 0 Å². The number of rotatable bonds is 10. The van der Waals surface area contributed by atoms with E-state index in [-0.39, 0.29) is 60.7 Å². The van der Waals surface area contributed by atoms with Crippen molar-refractivity contribution in [3.8, 4) is 0 Å². The molecule has 0 amide bonds. The van der Waals surface area contributed by atoms with Crippen molar-refractivity contribution in [1.82, 2.24) is 0 Å². The van der Waals surface area contributed by atoms with Gasteiger partial charge < -0.3 is 19.3 Å². The lowest BCUT2D eigenvalue weighted by Crippen LogP contribution is -2.40. The summed E-state index contributed by atoms with van der Waals surface area (Å²) in [6.07, 6.45) is 7.62. The van der Waals surface area contributed by atoms with Gasteiger partial charge in [0.2, 0.25) is 0 Å². The lowest BCUT2D eigenvalue weighted by atomic mass is 9.70. The fourth-order valence-electron chi connectivity index (χ4n) is 10.9. The molecule has 0 aromatic heterocycles. The summed E-state index contributed by atoms with van der Waals surface area (Å²) in [6.45, 7) is 5.16. The first-order valence-corrected chi connectivity index (χ1v) is 15.9. The summed E-state index contributed by atoms with van der Waals surface area (Å²) in [7, 11) is 0. The molecule has 6 saturated carbocycles. The zero-order chi connectivity index (χ0) is 28.1. The summed E-state index contributed by atoms with van der Waals surface area (Å²) in [5.74, 6) is 1.37. The molecule has 1 aliphatic heterocycles. The van der Waals surface area contributed by atoms with Crippen molar-refractivity contribution in [1.29, 1.82) is 0 Å². The van der Waals surface area contributed by atoms with Crippen LogP contribution in [0.5, 0.6) is 0 Å². The molecule has 6 aliphatic carbocycles. The first kappa shape index (κ1) is 26.8. The Balaban J connectivity index is 1.03. The molecule has 8 nitrogen and oxygen atoms in total. The third-order valence-electron chi connectivity index (χ3n) is 12.7. The van der Waals surface area contributed by atoms with E-state index in [9.17, 15) is 24.3 Å². The van der Waals surface area contributed by atoms with Crippen LogP contribution in [0.4, 0.5) is 0 Å². The molecule has 14 unspecified atom stereocenters. The SMILES string of the molecule is CCC(CC(CC(C)(C)C(=O)O)C(=O)OC1CC2CC1C1C3CCC(C3)C21)C(=O)OC1C2CC3C(=O)OC1C3C2. The van der Waals surface area contributed by atoms with E-state index in [2.05, 4.69) is 0 Å². The van der Waals surface area contributed by atoms with Gasteiger partial charge in [-0.2, -0.15) is 0 Å². The Labute approximate surface area is 236 Å². The van der Waals surface area contributed by atoms with Gasteiger partial charge in [0.1, 0.15) is 18.3 Å². The maximum Gasteiger partial charge on any atom is 0.309 e. The molecule has 40 heavy (non-hydrogen) atoms. The Bertz CT molecular complexity index is 1100. The van der Waals surface area contributed by atoms with E-state index in [0.717, 1.165) is 37.0 Å². The fourth-order valence-corrected chi connectivity index (χ4v) is 10.9. The number of carbonyl (C=O) groups is 4. The summed E-state index contributed by atoms with van der Waals surface area (Å²) >= 11 is 0. The highest BCUT2D eigenvalue weighted by atomic mass is 16.6. The molecule has 8 heteroatoms. The minimum atomic E-state index is -1.13. The first-order valence-electron chi connectivity index (χ1n) is 15.9. The summed E-state index contributed by atoms with van der Waals surface area (Å²) in [5.41, 5.74) is -1.13. The number of carboxylic acid groups (broad SMARTS) is 1. The zero-order valence-electron chi connectivity index (χ0n) is 24.0. The van der Waals surface area contributed by atoms with Crippen molar-refractivity contribution in [3.05, 3.63) is 0 Å². The Hall–Kier alpha value is -2.12. The molecule has 1 saturated heterocycles. The first-order chi connectivity index (χ1) is 19.1. The van der Waals surface area contributed by atoms with Crippen LogP contribution in [0, 0.1) is 70.5 Å². The second kappa shape index (κ2) is 9.45. The third-order valence-corrected chi connectivity index (χ3v) is 12.7. The zero-order valence-corrected chi connectivity index (χ0v) is 24.0. The Morgan fingerprint density at radius 3 is 2.33 bits per heavy atom. The molecule has 220 valence electrons. The van der Waals surface area contributed by atoms with Crippen LogP contribution in [0.1, 0.15) is 85.0 Å². The van der Waals surface area contributed by atoms with E-state index in [1.165, 1.54) is 19.3 Å². The Morgan fingerprint density at radius 1 is 0.900 bits per heavy atom. The molecule has 1 heterocycles. The second-order valence-corrected chi connectivity index (χ2v) is 15.1. The summed E-state index contributed by atoms with van der Waals surface area (Å²) in [6, 6.07) is 0. The van der Waals surface area contributed by atoms with Gasteiger partial charge in [0.25, 0.3) is 0 Å². The molecule has 14 atom stereocenters. The highest BCUT2D eigenvalue weighted by Gasteiger charge is 2.64. The molecule has 0 spiro atoms. The van der Waals surface area contributed by atoms with Crippen molar-refractivity contribution in [2.24, 2.45) is 70.5 Å². The van der Waals surface area contributed by atoms with Crippen LogP contribution in [0.25, 0.3) is 0 Å². The minimum absolute atomic E-state index is 0.0510. The lowest BCUT2D eigenvalue weighted by Gasteiger charge is -2.39. The number of fused-ring (bicyclic) bond motifs is 10. The topological polar surface area (TPSA) is 116 Å². The number of hydrogen-bond acceptors (Lipinski definition) is 7. The van der Waals surface area contributed by atoms with E-state index >= 15 is 0 Å². The van der Waals surface area contributed by atoms with E-state index in [1.54, 1.807) is 13.8 Å². The van der Waals surface area contributed by atoms with Crippen LogP contribution in [0.2, 0.25) is 0 Å². The van der Waals surface area contributed by atoms with E-state index in [0.29, 0.717) is 30.6 Å². The van der Waals surface area contributed by atoms with Gasteiger partial charge in [-0.05, 0) is 114 Å². The molecule has 7 rings (SSSR count). The number of carbonyl (C=O) groups excluding carboxylic acids is 3. The van der Waals surface area contributed by atoms with Gasteiger partial charge in [-0.1, -0.05) is 6.92 Å². The van der Waals surface area contributed by atoms with Gasteiger partial charge in [-0.25, -0.2) is 0 Å². The lowest BCUT2D eigenvalue weighted by molar-refractivity contribution is -0.169. The molecular formula is C32H44O8. The largest absolute Gasteiger partial charge is 0.481 e. The van der Waals surface area contributed by atoms with Crippen molar-refractivity contribution in [3.63, 3.8) is 0 Å². The van der Waals surface area contributed by atoms with Crippen LogP contribution in [0.3, 0.4) is 0 Å². The molecule has 7 fully saturated rings. The smallest absolute Gasteiger partial charge is 0.309 e. The predicted octanol–water partition coefficient (Wildman–Crippen LogP) is 4.63. The van der Waals surface area contributed by atoms with Crippen LogP contribution in [-0.4, -0.2) is 47.3 Å². The average molecular weight is 557 g/mol. The summed E-state index contributed by atoms with van der Waals surface area (Å²) in [5, 5.41) is 9.85. The molecule has 7 aliphatic rings. The maximum atomic E-state index is 13.8. The van der Waals surface area contributed by atoms with E-state index in [1.807, 2.05) is 6.92 Å². The summed E-state index contributed by atoms with van der Waals surface area (Å²) < 4.78 is 17.8.